The molecule has 0 fully saturated rings. The van der Waals surface area contributed by atoms with E-state index in [4.69, 9.17) is 4.74 Å². The van der Waals surface area contributed by atoms with Crippen molar-refractivity contribution in [1.29, 1.82) is 0 Å². The molecule has 0 atom stereocenters. The van der Waals surface area contributed by atoms with E-state index in [1.54, 1.807) is 36.4 Å². The van der Waals surface area contributed by atoms with Crippen LogP contribution in [0.5, 0.6) is 11.5 Å². The first kappa shape index (κ1) is 14.1. The lowest BCUT2D eigenvalue weighted by molar-refractivity contribution is 0.0953. The molecule has 0 aliphatic rings. The maximum Gasteiger partial charge on any atom is 0.251 e. The van der Waals surface area contributed by atoms with Crippen LogP contribution in [0.2, 0.25) is 0 Å². The van der Waals surface area contributed by atoms with Crippen molar-refractivity contribution in [3.63, 3.8) is 0 Å². The van der Waals surface area contributed by atoms with E-state index in [9.17, 15) is 9.18 Å². The summed E-state index contributed by atoms with van der Waals surface area (Å²) < 4.78 is 18.3. The summed E-state index contributed by atoms with van der Waals surface area (Å²) >= 11 is 0. The van der Waals surface area contributed by atoms with E-state index < -0.39 is 0 Å². The van der Waals surface area contributed by atoms with Crippen molar-refractivity contribution in [2.75, 3.05) is 6.54 Å². The minimum Gasteiger partial charge on any atom is -0.457 e. The predicted molar refractivity (Wildman–Crippen MR) is 75.5 cm³/mol. The first-order chi connectivity index (χ1) is 9.69. The maximum absolute atomic E-state index is 12.8. The molecule has 20 heavy (non-hydrogen) atoms. The van der Waals surface area contributed by atoms with Crippen molar-refractivity contribution in [2.45, 2.75) is 13.3 Å². The number of rotatable bonds is 5. The quantitative estimate of drug-likeness (QED) is 0.900. The van der Waals surface area contributed by atoms with Crippen LogP contribution in [0, 0.1) is 5.82 Å². The third-order valence-corrected chi connectivity index (χ3v) is 2.70. The van der Waals surface area contributed by atoms with E-state index in [1.807, 2.05) is 6.92 Å². The molecule has 0 radical (unpaired) electrons. The van der Waals surface area contributed by atoms with Gasteiger partial charge >= 0.3 is 0 Å². The minimum absolute atomic E-state index is 0.0971. The summed E-state index contributed by atoms with van der Waals surface area (Å²) in [4.78, 5) is 11.7. The van der Waals surface area contributed by atoms with Crippen LogP contribution in [0.25, 0.3) is 0 Å². The SMILES string of the molecule is CCCNC(=O)c1ccc(Oc2ccc(F)cc2)cc1. The lowest BCUT2D eigenvalue weighted by Gasteiger charge is -2.07. The van der Waals surface area contributed by atoms with Gasteiger partial charge in [0.1, 0.15) is 17.3 Å². The molecule has 1 amide bonds. The summed E-state index contributed by atoms with van der Waals surface area (Å²) in [5.41, 5.74) is 0.588. The number of nitrogens with one attached hydrogen (secondary N) is 1. The monoisotopic (exact) mass is 273 g/mol. The molecule has 2 rings (SSSR count). The van der Waals surface area contributed by atoms with Crippen LogP contribution in [0.3, 0.4) is 0 Å². The lowest BCUT2D eigenvalue weighted by atomic mass is 10.2. The Morgan fingerprint density at radius 2 is 1.60 bits per heavy atom. The van der Waals surface area contributed by atoms with Gasteiger partial charge in [-0.15, -0.1) is 0 Å². The Morgan fingerprint density at radius 3 is 2.15 bits per heavy atom. The van der Waals surface area contributed by atoms with Gasteiger partial charge < -0.3 is 10.1 Å². The second-order valence-electron chi connectivity index (χ2n) is 4.34. The number of amides is 1. The average Bonchev–Trinajstić information content (AvgIpc) is 2.48. The molecule has 0 bridgehead atoms. The largest absolute Gasteiger partial charge is 0.457 e. The summed E-state index contributed by atoms with van der Waals surface area (Å²) in [7, 11) is 0. The molecular formula is C16H16FNO2. The van der Waals surface area contributed by atoms with Crippen molar-refractivity contribution >= 4 is 5.91 Å². The number of halogens is 1. The fourth-order valence-electron chi connectivity index (χ4n) is 1.65. The molecule has 0 saturated heterocycles. The normalized spacial score (nSPS) is 10.1. The van der Waals surface area contributed by atoms with Crippen LogP contribution < -0.4 is 10.1 Å². The number of hydrogen-bond acceptors (Lipinski definition) is 2. The highest BCUT2D eigenvalue weighted by molar-refractivity contribution is 5.94. The van der Waals surface area contributed by atoms with Crippen molar-refractivity contribution in [3.8, 4) is 11.5 Å². The highest BCUT2D eigenvalue weighted by atomic mass is 19.1. The first-order valence-corrected chi connectivity index (χ1v) is 6.50. The van der Waals surface area contributed by atoms with Gasteiger partial charge in [0.15, 0.2) is 0 Å². The lowest BCUT2D eigenvalue weighted by Crippen LogP contribution is -2.23. The molecule has 4 heteroatoms. The molecule has 0 spiro atoms. The van der Waals surface area contributed by atoms with Crippen LogP contribution >= 0.6 is 0 Å². The number of benzene rings is 2. The molecule has 0 heterocycles. The zero-order chi connectivity index (χ0) is 14.4. The van der Waals surface area contributed by atoms with Gasteiger partial charge in [-0.1, -0.05) is 6.92 Å². The van der Waals surface area contributed by atoms with Crippen molar-refractivity contribution < 1.29 is 13.9 Å². The Morgan fingerprint density at radius 1 is 1.05 bits per heavy atom. The molecular weight excluding hydrogens is 257 g/mol. The molecule has 2 aromatic rings. The Kier molecular flexibility index (Phi) is 4.71. The molecule has 3 nitrogen and oxygen atoms in total. The van der Waals surface area contributed by atoms with E-state index in [0.717, 1.165) is 6.42 Å². The molecule has 0 aromatic heterocycles. The van der Waals surface area contributed by atoms with Crippen molar-refractivity contribution in [3.05, 3.63) is 59.9 Å². The Hall–Kier alpha value is -2.36. The predicted octanol–water partition coefficient (Wildman–Crippen LogP) is 3.76. The summed E-state index contributed by atoms with van der Waals surface area (Å²) in [6.07, 6.45) is 0.900. The Labute approximate surface area is 117 Å². The van der Waals surface area contributed by atoms with Crippen LogP contribution in [0.4, 0.5) is 4.39 Å². The standard InChI is InChI=1S/C16H16FNO2/c1-2-11-18-16(19)12-3-7-14(8-4-12)20-15-9-5-13(17)6-10-15/h3-10H,2,11H2,1H3,(H,18,19). The topological polar surface area (TPSA) is 38.3 Å². The van der Waals surface area contributed by atoms with E-state index in [2.05, 4.69) is 5.32 Å². The molecule has 0 unspecified atom stereocenters. The molecule has 1 N–H and O–H groups in total. The van der Waals surface area contributed by atoms with Gasteiger partial charge in [-0.05, 0) is 55.0 Å². The van der Waals surface area contributed by atoms with Gasteiger partial charge in [0.25, 0.3) is 5.91 Å². The molecule has 2 aromatic carbocycles. The highest BCUT2D eigenvalue weighted by Crippen LogP contribution is 2.21. The number of carbonyl (C=O) groups excluding carboxylic acids is 1. The van der Waals surface area contributed by atoms with Crippen LogP contribution in [0.15, 0.2) is 48.5 Å². The number of hydrogen-bond donors (Lipinski definition) is 1. The third-order valence-electron chi connectivity index (χ3n) is 2.70. The smallest absolute Gasteiger partial charge is 0.251 e. The zero-order valence-corrected chi connectivity index (χ0v) is 11.2. The van der Waals surface area contributed by atoms with Crippen molar-refractivity contribution in [2.24, 2.45) is 0 Å². The Bertz CT molecular complexity index is 564. The summed E-state index contributed by atoms with van der Waals surface area (Å²) in [6, 6.07) is 12.6. The fourth-order valence-corrected chi connectivity index (χ4v) is 1.65. The second kappa shape index (κ2) is 6.70. The van der Waals surface area contributed by atoms with Gasteiger partial charge in [-0.25, -0.2) is 4.39 Å². The van der Waals surface area contributed by atoms with Crippen LogP contribution in [0.1, 0.15) is 23.7 Å². The van der Waals surface area contributed by atoms with Gasteiger partial charge in [0.05, 0.1) is 0 Å². The molecule has 104 valence electrons. The molecule has 0 aliphatic carbocycles. The maximum atomic E-state index is 12.8. The number of carbonyl (C=O) groups is 1. The van der Waals surface area contributed by atoms with Crippen molar-refractivity contribution in [1.82, 2.24) is 5.32 Å². The molecule has 0 aliphatic heterocycles. The molecule has 0 saturated carbocycles. The van der Waals surface area contributed by atoms with E-state index in [-0.39, 0.29) is 11.7 Å². The fraction of sp³-hybridized carbons (Fsp3) is 0.188. The van der Waals surface area contributed by atoms with E-state index >= 15 is 0 Å². The highest BCUT2D eigenvalue weighted by Gasteiger charge is 2.05. The average molecular weight is 273 g/mol. The van der Waals surface area contributed by atoms with E-state index in [1.165, 1.54) is 12.1 Å². The van der Waals surface area contributed by atoms with Crippen LogP contribution in [-0.2, 0) is 0 Å². The Balaban J connectivity index is 2.01. The number of ether oxygens (including phenoxy) is 1. The minimum atomic E-state index is -0.305. The summed E-state index contributed by atoms with van der Waals surface area (Å²) in [6.45, 7) is 2.66. The van der Waals surface area contributed by atoms with Gasteiger partial charge in [-0.3, -0.25) is 4.79 Å². The van der Waals surface area contributed by atoms with E-state index in [0.29, 0.717) is 23.6 Å². The summed E-state index contributed by atoms with van der Waals surface area (Å²) in [5, 5.41) is 2.80. The zero-order valence-electron chi connectivity index (χ0n) is 11.2. The first-order valence-electron chi connectivity index (χ1n) is 6.50. The second-order valence-corrected chi connectivity index (χ2v) is 4.34. The summed E-state index contributed by atoms with van der Waals surface area (Å²) in [5.74, 6) is 0.749. The van der Waals surface area contributed by atoms with Gasteiger partial charge in [-0.2, -0.15) is 0 Å². The van der Waals surface area contributed by atoms with Gasteiger partial charge in [0.2, 0.25) is 0 Å². The third kappa shape index (κ3) is 3.82. The van der Waals surface area contributed by atoms with Crippen LogP contribution in [-0.4, -0.2) is 12.5 Å². The van der Waals surface area contributed by atoms with Gasteiger partial charge in [0, 0.05) is 12.1 Å².